The number of carbonyl (C=O) groups is 1. The average molecular weight is 465 g/mol. The van der Waals surface area contributed by atoms with Crippen molar-refractivity contribution < 1.29 is 28.2 Å². The highest BCUT2D eigenvalue weighted by Gasteiger charge is 2.54. The van der Waals surface area contributed by atoms with Crippen LogP contribution in [-0.4, -0.2) is 45.5 Å². The Hall–Kier alpha value is -2.69. The summed E-state index contributed by atoms with van der Waals surface area (Å²) in [6.45, 7) is 0.258. The second kappa shape index (κ2) is 8.68. The number of hydrogen-bond donors (Lipinski definition) is 4. The molecule has 2 fully saturated rings. The zero-order valence-corrected chi connectivity index (χ0v) is 17.6. The summed E-state index contributed by atoms with van der Waals surface area (Å²) in [5.74, 6) is -1.19. The van der Waals surface area contributed by atoms with Crippen LogP contribution in [-0.2, 0) is 17.5 Å². The molecular weight excluding hydrogens is 443 g/mol. The standard InChI is InChI=1S/C22H22F3N3O3S/c23-22(24,25)13-7-4-8-14(9-13)28-18-15(10-16(29)19(30)17(18)27-21(28)32)20(31)26-11-12-5-2-1-3-6-12/h1-9,15-19,29-30H,10-11H2,(H,26,31)(H,27,32)/t15-,16+,17-,18+,19-/m0/s1. The summed E-state index contributed by atoms with van der Waals surface area (Å²) in [6.07, 6.45) is -7.01. The van der Waals surface area contributed by atoms with E-state index in [1.54, 1.807) is 0 Å². The lowest BCUT2D eigenvalue weighted by atomic mass is 9.77. The number of rotatable bonds is 4. The van der Waals surface area contributed by atoms with E-state index in [2.05, 4.69) is 10.6 Å². The molecule has 1 aliphatic carbocycles. The van der Waals surface area contributed by atoms with Gasteiger partial charge in [-0.2, -0.15) is 13.2 Å². The molecule has 4 rings (SSSR count). The van der Waals surface area contributed by atoms with Crippen molar-refractivity contribution in [2.24, 2.45) is 5.92 Å². The number of fused-ring (bicyclic) bond motifs is 1. The Morgan fingerprint density at radius 1 is 1.16 bits per heavy atom. The lowest BCUT2D eigenvalue weighted by Gasteiger charge is -2.41. The number of hydrogen-bond acceptors (Lipinski definition) is 4. The van der Waals surface area contributed by atoms with E-state index in [0.29, 0.717) is 0 Å². The van der Waals surface area contributed by atoms with Gasteiger partial charge >= 0.3 is 6.18 Å². The summed E-state index contributed by atoms with van der Waals surface area (Å²) in [6, 6.07) is 12.3. The Bertz CT molecular complexity index is 1000. The van der Waals surface area contributed by atoms with Crippen molar-refractivity contribution in [1.29, 1.82) is 0 Å². The molecule has 4 N–H and O–H groups in total. The number of halogens is 3. The number of carbonyl (C=O) groups excluding carboxylic acids is 1. The Morgan fingerprint density at radius 3 is 2.56 bits per heavy atom. The van der Waals surface area contributed by atoms with Crippen molar-refractivity contribution in [2.45, 2.75) is 43.4 Å². The van der Waals surface area contributed by atoms with Gasteiger partial charge < -0.3 is 25.7 Å². The topological polar surface area (TPSA) is 84.8 Å². The van der Waals surface area contributed by atoms with Crippen LogP contribution in [0.5, 0.6) is 0 Å². The van der Waals surface area contributed by atoms with Crippen LogP contribution in [0.1, 0.15) is 17.5 Å². The SMILES string of the molecule is O=C(NCc1ccccc1)[C@H]1C[C@@H](O)[C@H](O)[C@H]2NC(=S)N(c3cccc(C(F)(F)F)c3)[C@@H]21. The van der Waals surface area contributed by atoms with Gasteiger partial charge in [-0.1, -0.05) is 36.4 Å². The zero-order chi connectivity index (χ0) is 23.0. The number of nitrogens with one attached hydrogen (secondary N) is 2. The monoisotopic (exact) mass is 465 g/mol. The number of aliphatic hydroxyl groups excluding tert-OH is 2. The van der Waals surface area contributed by atoms with Gasteiger partial charge in [0.2, 0.25) is 5.91 Å². The van der Waals surface area contributed by atoms with E-state index in [-0.39, 0.29) is 29.7 Å². The van der Waals surface area contributed by atoms with E-state index >= 15 is 0 Å². The van der Waals surface area contributed by atoms with Crippen molar-refractivity contribution in [3.05, 3.63) is 65.7 Å². The normalized spacial score (nSPS) is 27.6. The Labute approximate surface area is 188 Å². The van der Waals surface area contributed by atoms with E-state index in [1.807, 2.05) is 30.3 Å². The van der Waals surface area contributed by atoms with E-state index < -0.39 is 41.9 Å². The smallest absolute Gasteiger partial charge is 0.390 e. The molecule has 1 heterocycles. The maximum Gasteiger partial charge on any atom is 0.416 e. The second-order valence-electron chi connectivity index (χ2n) is 7.99. The third-order valence-corrected chi connectivity index (χ3v) is 6.26. The fourth-order valence-electron chi connectivity index (χ4n) is 4.39. The zero-order valence-electron chi connectivity index (χ0n) is 16.8. The van der Waals surface area contributed by atoms with Gasteiger partial charge in [0, 0.05) is 12.2 Å². The minimum Gasteiger partial charge on any atom is -0.390 e. The van der Waals surface area contributed by atoms with Gasteiger partial charge in [0.25, 0.3) is 0 Å². The quantitative estimate of drug-likeness (QED) is 0.519. The molecule has 1 saturated heterocycles. The lowest BCUT2D eigenvalue weighted by molar-refractivity contribution is -0.137. The highest BCUT2D eigenvalue weighted by molar-refractivity contribution is 7.80. The molecule has 0 aromatic heterocycles. The maximum atomic E-state index is 13.3. The number of amides is 1. The van der Waals surface area contributed by atoms with Crippen molar-refractivity contribution in [1.82, 2.24) is 10.6 Å². The summed E-state index contributed by atoms with van der Waals surface area (Å²) in [5.41, 5.74) is 0.195. The molecule has 10 heteroatoms. The third kappa shape index (κ3) is 4.30. The first kappa shape index (κ1) is 22.5. The first-order valence-corrected chi connectivity index (χ1v) is 10.5. The molecular formula is C22H22F3N3O3S. The third-order valence-electron chi connectivity index (χ3n) is 5.94. The maximum absolute atomic E-state index is 13.3. The fraction of sp³-hybridized carbons (Fsp3) is 0.364. The molecule has 0 bridgehead atoms. The Morgan fingerprint density at radius 2 is 1.88 bits per heavy atom. The minimum absolute atomic E-state index is 0.0529. The summed E-state index contributed by atoms with van der Waals surface area (Å²) >= 11 is 5.36. The lowest BCUT2D eigenvalue weighted by Crippen LogP contribution is -2.60. The first-order valence-electron chi connectivity index (χ1n) is 10.1. The molecule has 0 spiro atoms. The van der Waals surface area contributed by atoms with Crippen LogP contribution < -0.4 is 15.5 Å². The predicted octanol–water partition coefficient (Wildman–Crippen LogP) is 2.20. The van der Waals surface area contributed by atoms with E-state index in [9.17, 15) is 28.2 Å². The molecule has 2 aromatic carbocycles. The molecule has 1 aliphatic heterocycles. The van der Waals surface area contributed by atoms with Crippen molar-refractivity contribution in [2.75, 3.05) is 4.90 Å². The van der Waals surface area contributed by atoms with Crippen LogP contribution in [0, 0.1) is 5.92 Å². The predicted molar refractivity (Wildman–Crippen MR) is 116 cm³/mol. The van der Waals surface area contributed by atoms with Crippen LogP contribution in [0.25, 0.3) is 0 Å². The molecule has 0 radical (unpaired) electrons. The van der Waals surface area contributed by atoms with Crippen LogP contribution in [0.4, 0.5) is 18.9 Å². The van der Waals surface area contributed by atoms with Crippen molar-refractivity contribution in [3.63, 3.8) is 0 Å². The highest BCUT2D eigenvalue weighted by atomic mass is 32.1. The number of thiocarbonyl (C=S) groups is 1. The number of anilines is 1. The Balaban J connectivity index is 1.64. The molecule has 170 valence electrons. The van der Waals surface area contributed by atoms with Crippen LogP contribution in [0.2, 0.25) is 0 Å². The summed E-state index contributed by atoms with van der Waals surface area (Å²) in [4.78, 5) is 14.5. The highest BCUT2D eigenvalue weighted by Crippen LogP contribution is 2.38. The molecule has 1 amide bonds. The first-order chi connectivity index (χ1) is 15.2. The van der Waals surface area contributed by atoms with Gasteiger partial charge in [-0.3, -0.25) is 4.79 Å². The summed E-state index contributed by atoms with van der Waals surface area (Å²) in [5, 5.41) is 26.7. The minimum atomic E-state index is -4.54. The summed E-state index contributed by atoms with van der Waals surface area (Å²) in [7, 11) is 0. The molecule has 0 unspecified atom stereocenters. The summed E-state index contributed by atoms with van der Waals surface area (Å²) < 4.78 is 39.8. The van der Waals surface area contributed by atoms with Crippen molar-refractivity contribution >= 4 is 28.9 Å². The van der Waals surface area contributed by atoms with Crippen LogP contribution in [0.15, 0.2) is 54.6 Å². The van der Waals surface area contributed by atoms with Crippen molar-refractivity contribution in [3.8, 4) is 0 Å². The van der Waals surface area contributed by atoms with E-state index in [4.69, 9.17) is 12.2 Å². The number of nitrogens with zero attached hydrogens (tertiary/aromatic N) is 1. The van der Waals surface area contributed by atoms with Crippen LogP contribution >= 0.6 is 12.2 Å². The largest absolute Gasteiger partial charge is 0.416 e. The molecule has 1 saturated carbocycles. The van der Waals surface area contributed by atoms with Crippen LogP contribution in [0.3, 0.4) is 0 Å². The molecule has 32 heavy (non-hydrogen) atoms. The van der Waals surface area contributed by atoms with Gasteiger partial charge in [-0.25, -0.2) is 0 Å². The number of alkyl halides is 3. The molecule has 2 aromatic rings. The molecule has 5 atom stereocenters. The van der Waals surface area contributed by atoms with Gasteiger partial charge in [-0.05, 0) is 42.4 Å². The van der Waals surface area contributed by atoms with Gasteiger partial charge in [0.05, 0.1) is 29.7 Å². The second-order valence-corrected chi connectivity index (χ2v) is 8.37. The van der Waals surface area contributed by atoms with E-state index in [1.165, 1.54) is 17.0 Å². The fourth-order valence-corrected chi connectivity index (χ4v) is 4.75. The molecule has 6 nitrogen and oxygen atoms in total. The number of benzene rings is 2. The average Bonchev–Trinajstić information content (AvgIpc) is 3.12. The number of aliphatic hydroxyl groups is 2. The van der Waals surface area contributed by atoms with Gasteiger partial charge in [0.15, 0.2) is 5.11 Å². The van der Waals surface area contributed by atoms with Gasteiger partial charge in [-0.15, -0.1) is 0 Å². The van der Waals surface area contributed by atoms with Gasteiger partial charge in [0.1, 0.15) is 6.10 Å². The molecule has 2 aliphatic rings. The van der Waals surface area contributed by atoms with E-state index in [0.717, 1.165) is 17.7 Å². The Kier molecular flexibility index (Phi) is 6.11.